The molecule has 1 unspecified atom stereocenters. The molecule has 29 heavy (non-hydrogen) atoms. The van der Waals surface area contributed by atoms with E-state index in [0.717, 1.165) is 23.2 Å². The maximum atomic E-state index is 12.4. The summed E-state index contributed by atoms with van der Waals surface area (Å²) in [7, 11) is 0. The molecule has 4 rings (SSSR count). The van der Waals surface area contributed by atoms with Crippen molar-refractivity contribution in [1.82, 2.24) is 20.4 Å². The minimum atomic E-state index is -0.275. The molecule has 0 saturated carbocycles. The molecule has 7 heteroatoms. The number of nitrogens with zero attached hydrogens (tertiary/aromatic N) is 2. The summed E-state index contributed by atoms with van der Waals surface area (Å²) in [6.07, 6.45) is 3.74. The zero-order valence-corrected chi connectivity index (χ0v) is 16.9. The van der Waals surface area contributed by atoms with Gasteiger partial charge < -0.3 is 15.4 Å². The van der Waals surface area contributed by atoms with Gasteiger partial charge in [0, 0.05) is 25.5 Å². The molecule has 0 radical (unpaired) electrons. The average Bonchev–Trinajstić information content (AvgIpc) is 3.26. The highest BCUT2D eigenvalue weighted by molar-refractivity contribution is 5.85. The van der Waals surface area contributed by atoms with E-state index in [4.69, 9.17) is 4.74 Å². The molecule has 0 bridgehead atoms. The summed E-state index contributed by atoms with van der Waals surface area (Å²) in [6.45, 7) is 3.03. The third-order valence-corrected chi connectivity index (χ3v) is 4.88. The molecule has 3 aromatic rings. The minimum absolute atomic E-state index is 0. The molecule has 2 heterocycles. The number of hydrogen-bond donors (Lipinski definition) is 2. The number of carbonyl (C=O) groups is 1. The largest absolute Gasteiger partial charge is 0.378 e. The number of rotatable bonds is 6. The molecule has 6 nitrogen and oxygen atoms in total. The Balaban J connectivity index is 0.00000240. The van der Waals surface area contributed by atoms with Crippen LogP contribution in [0.4, 0.5) is 0 Å². The predicted octanol–water partition coefficient (Wildman–Crippen LogP) is 2.62. The van der Waals surface area contributed by atoms with Crippen LogP contribution in [0.3, 0.4) is 0 Å². The van der Waals surface area contributed by atoms with Crippen molar-refractivity contribution < 1.29 is 9.53 Å². The van der Waals surface area contributed by atoms with Crippen LogP contribution in [-0.2, 0) is 22.6 Å². The lowest BCUT2D eigenvalue weighted by molar-refractivity contribution is -0.126. The first kappa shape index (κ1) is 21.0. The fraction of sp³-hybridized carbons (Fsp3) is 0.273. The number of halogens is 1. The number of aromatic nitrogens is 2. The van der Waals surface area contributed by atoms with Crippen molar-refractivity contribution in [2.45, 2.75) is 19.1 Å². The van der Waals surface area contributed by atoms with E-state index < -0.39 is 0 Å². The summed E-state index contributed by atoms with van der Waals surface area (Å²) < 4.78 is 7.27. The Morgan fingerprint density at radius 2 is 2.00 bits per heavy atom. The van der Waals surface area contributed by atoms with E-state index in [1.165, 1.54) is 5.56 Å². The Labute approximate surface area is 176 Å². The van der Waals surface area contributed by atoms with Gasteiger partial charge in [-0.3, -0.25) is 9.48 Å². The Kier molecular flexibility index (Phi) is 7.41. The third-order valence-electron chi connectivity index (χ3n) is 4.88. The molecule has 1 saturated heterocycles. The smallest absolute Gasteiger partial charge is 0.239 e. The van der Waals surface area contributed by atoms with Crippen molar-refractivity contribution in [2.24, 2.45) is 0 Å². The van der Waals surface area contributed by atoms with Crippen molar-refractivity contribution in [2.75, 3.05) is 19.8 Å². The van der Waals surface area contributed by atoms with Crippen LogP contribution in [0.15, 0.2) is 67.0 Å². The quantitative estimate of drug-likeness (QED) is 0.653. The van der Waals surface area contributed by atoms with E-state index in [1.54, 1.807) is 6.20 Å². The fourth-order valence-corrected chi connectivity index (χ4v) is 3.37. The first-order valence-electron chi connectivity index (χ1n) is 9.53. The molecular weight excluding hydrogens is 388 g/mol. The second kappa shape index (κ2) is 10.2. The summed E-state index contributed by atoms with van der Waals surface area (Å²) in [6, 6.07) is 18.3. The maximum Gasteiger partial charge on any atom is 0.239 e. The fourth-order valence-electron chi connectivity index (χ4n) is 3.37. The highest BCUT2D eigenvalue weighted by atomic mass is 35.5. The molecule has 2 aromatic carbocycles. The Hall–Kier alpha value is -2.67. The second-order valence-electron chi connectivity index (χ2n) is 6.86. The molecule has 1 amide bonds. The summed E-state index contributed by atoms with van der Waals surface area (Å²) in [5, 5.41) is 10.5. The molecule has 2 N–H and O–H groups in total. The topological polar surface area (TPSA) is 68.2 Å². The third kappa shape index (κ3) is 5.44. The predicted molar refractivity (Wildman–Crippen MR) is 115 cm³/mol. The van der Waals surface area contributed by atoms with E-state index in [-0.39, 0.29) is 24.4 Å². The zero-order valence-electron chi connectivity index (χ0n) is 16.1. The average molecular weight is 413 g/mol. The van der Waals surface area contributed by atoms with E-state index in [9.17, 15) is 4.79 Å². The monoisotopic (exact) mass is 412 g/mol. The van der Waals surface area contributed by atoms with Crippen molar-refractivity contribution in [1.29, 1.82) is 0 Å². The van der Waals surface area contributed by atoms with Crippen LogP contribution in [0, 0.1) is 0 Å². The van der Waals surface area contributed by atoms with Gasteiger partial charge in [-0.1, -0.05) is 48.5 Å². The van der Waals surface area contributed by atoms with Gasteiger partial charge in [-0.15, -0.1) is 12.4 Å². The van der Waals surface area contributed by atoms with Crippen LogP contribution in [0.1, 0.15) is 11.1 Å². The number of nitrogens with one attached hydrogen (secondary N) is 2. The molecule has 1 aromatic heterocycles. The lowest BCUT2D eigenvalue weighted by atomic mass is 9.98. The molecule has 1 atom stereocenters. The normalized spacial score (nSPS) is 16.1. The lowest BCUT2D eigenvalue weighted by Crippen LogP contribution is -2.51. The summed E-state index contributed by atoms with van der Waals surface area (Å²) in [5.41, 5.74) is 4.54. The lowest BCUT2D eigenvalue weighted by Gasteiger charge is -2.23. The van der Waals surface area contributed by atoms with Gasteiger partial charge in [-0.25, -0.2) is 0 Å². The Morgan fingerprint density at radius 1 is 1.17 bits per heavy atom. The highest BCUT2D eigenvalue weighted by Gasteiger charge is 2.20. The highest BCUT2D eigenvalue weighted by Crippen LogP contribution is 2.24. The number of benzene rings is 2. The molecule has 152 valence electrons. The van der Waals surface area contributed by atoms with Crippen LogP contribution in [-0.4, -0.2) is 41.5 Å². The van der Waals surface area contributed by atoms with E-state index >= 15 is 0 Å². The molecule has 0 spiro atoms. The number of amides is 1. The van der Waals surface area contributed by atoms with Crippen molar-refractivity contribution >= 4 is 18.3 Å². The first-order valence-corrected chi connectivity index (χ1v) is 9.53. The van der Waals surface area contributed by atoms with Crippen LogP contribution in [0.5, 0.6) is 0 Å². The minimum Gasteiger partial charge on any atom is -0.378 e. The SMILES string of the molecule is Cl.O=C(NCc1ccccc1-c1ccc(Cn2cccn2)cc1)C1COCCN1. The van der Waals surface area contributed by atoms with E-state index in [0.29, 0.717) is 26.3 Å². The molecule has 1 aliphatic heterocycles. The van der Waals surface area contributed by atoms with Gasteiger partial charge in [-0.2, -0.15) is 5.10 Å². The summed E-state index contributed by atoms with van der Waals surface area (Å²) >= 11 is 0. The van der Waals surface area contributed by atoms with Crippen LogP contribution >= 0.6 is 12.4 Å². The Bertz CT molecular complexity index is 907. The zero-order chi connectivity index (χ0) is 19.2. The summed E-state index contributed by atoms with van der Waals surface area (Å²) in [4.78, 5) is 12.4. The summed E-state index contributed by atoms with van der Waals surface area (Å²) in [5.74, 6) is -0.0240. The second-order valence-corrected chi connectivity index (χ2v) is 6.86. The van der Waals surface area contributed by atoms with Crippen LogP contribution in [0.2, 0.25) is 0 Å². The van der Waals surface area contributed by atoms with Gasteiger partial charge in [0.2, 0.25) is 5.91 Å². The van der Waals surface area contributed by atoms with Crippen LogP contribution in [0.25, 0.3) is 11.1 Å². The number of ether oxygens (including phenoxy) is 1. The molecule has 1 fully saturated rings. The Morgan fingerprint density at radius 3 is 2.72 bits per heavy atom. The van der Waals surface area contributed by atoms with Crippen molar-refractivity contribution in [3.8, 4) is 11.1 Å². The van der Waals surface area contributed by atoms with Crippen molar-refractivity contribution in [3.05, 3.63) is 78.1 Å². The van der Waals surface area contributed by atoms with Gasteiger partial charge in [0.15, 0.2) is 0 Å². The molecule has 0 aliphatic carbocycles. The van der Waals surface area contributed by atoms with E-state index in [1.807, 2.05) is 29.1 Å². The standard InChI is InChI=1S/C22H24N4O2.ClH/c27-22(21-16-28-13-11-23-21)24-14-19-4-1-2-5-20(19)18-8-6-17(7-9-18)15-26-12-3-10-25-26;/h1-10,12,21,23H,11,13-16H2,(H,24,27);1H. The number of morpholine rings is 1. The first-order chi connectivity index (χ1) is 13.8. The molecular formula is C22H25ClN4O2. The van der Waals surface area contributed by atoms with Gasteiger partial charge in [0.05, 0.1) is 19.8 Å². The van der Waals surface area contributed by atoms with Gasteiger partial charge in [0.25, 0.3) is 0 Å². The van der Waals surface area contributed by atoms with Gasteiger partial charge in [-0.05, 0) is 28.3 Å². The molecule has 1 aliphatic rings. The van der Waals surface area contributed by atoms with Gasteiger partial charge in [0.1, 0.15) is 6.04 Å². The van der Waals surface area contributed by atoms with E-state index in [2.05, 4.69) is 52.1 Å². The number of hydrogen-bond acceptors (Lipinski definition) is 4. The maximum absolute atomic E-state index is 12.4. The number of carbonyl (C=O) groups excluding carboxylic acids is 1. The van der Waals surface area contributed by atoms with Gasteiger partial charge >= 0.3 is 0 Å². The van der Waals surface area contributed by atoms with Crippen LogP contribution < -0.4 is 10.6 Å². The van der Waals surface area contributed by atoms with Crippen molar-refractivity contribution in [3.63, 3.8) is 0 Å².